The summed E-state index contributed by atoms with van der Waals surface area (Å²) >= 11 is 0. The van der Waals surface area contributed by atoms with Gasteiger partial charge in [-0.25, -0.2) is 0 Å². The van der Waals surface area contributed by atoms with Crippen molar-refractivity contribution in [2.45, 2.75) is 57.5 Å². The Balaban J connectivity index is 0.00000135. The lowest BCUT2D eigenvalue weighted by atomic mass is 9.76. The molecule has 5 heterocycles. The second-order valence-corrected chi connectivity index (χ2v) is 10.8. The number of ether oxygens (including phenoxy) is 5. The summed E-state index contributed by atoms with van der Waals surface area (Å²) in [7, 11) is 0. The Morgan fingerprint density at radius 2 is 1.39 bits per heavy atom. The van der Waals surface area contributed by atoms with Crippen molar-refractivity contribution in [2.75, 3.05) is 33.0 Å². The highest BCUT2D eigenvalue weighted by molar-refractivity contribution is 5.85. The molecule has 3 aromatic rings. The fourth-order valence-corrected chi connectivity index (χ4v) is 6.82. The van der Waals surface area contributed by atoms with Gasteiger partial charge in [-0.15, -0.1) is 0 Å². The van der Waals surface area contributed by atoms with Crippen LogP contribution in [0.3, 0.4) is 0 Å². The van der Waals surface area contributed by atoms with Gasteiger partial charge in [-0.3, -0.25) is 10.1 Å². The molecule has 5 aliphatic rings. The number of piperazine rings is 1. The third-order valence-electron chi connectivity index (χ3n) is 8.55. The van der Waals surface area contributed by atoms with Gasteiger partial charge in [0.15, 0.2) is 23.0 Å². The lowest BCUT2D eigenvalue weighted by molar-refractivity contribution is -0.148. The lowest BCUT2D eigenvalue weighted by Gasteiger charge is -2.54. The van der Waals surface area contributed by atoms with Crippen LogP contribution in [0.2, 0.25) is 0 Å². The number of nitrogens with one attached hydrogen (secondary N) is 1. The number of nitrogens with zero attached hydrogens (tertiary/aromatic N) is 1. The van der Waals surface area contributed by atoms with Crippen LogP contribution in [0.25, 0.3) is 0 Å². The van der Waals surface area contributed by atoms with Crippen molar-refractivity contribution in [3.05, 3.63) is 82.4 Å². The van der Waals surface area contributed by atoms with E-state index in [2.05, 4.69) is 46.6 Å². The number of hydrogen-bond acceptors (Lipinski definition) is 7. The Hall–Kier alpha value is -3.75. The van der Waals surface area contributed by atoms with Gasteiger partial charge < -0.3 is 28.6 Å². The molecule has 3 aromatic carbocycles. The van der Waals surface area contributed by atoms with Crippen LogP contribution in [-0.4, -0.2) is 55.9 Å². The number of carbonyl (C=O) groups excluding carboxylic acids is 1. The lowest BCUT2D eigenvalue weighted by Crippen LogP contribution is -2.66. The highest BCUT2D eigenvalue weighted by Crippen LogP contribution is 2.48. The maximum atomic E-state index is 14.1. The molecule has 1 N–H and O–H groups in total. The zero-order valence-corrected chi connectivity index (χ0v) is 23.6. The number of fused-ring (bicyclic) bond motifs is 9. The predicted octanol–water partition coefficient (Wildman–Crippen LogP) is 4.54. The minimum Gasteiger partial charge on any atom is -0.486 e. The molecule has 1 amide bonds. The first-order chi connectivity index (χ1) is 20.2. The first-order valence-corrected chi connectivity index (χ1v) is 14.8. The molecule has 8 nitrogen and oxygen atoms in total. The second kappa shape index (κ2) is 10.9. The number of rotatable bonds is 4. The van der Waals surface area contributed by atoms with Crippen molar-refractivity contribution < 1.29 is 28.5 Å². The number of amides is 1. The maximum Gasteiger partial charge on any atom is 0.240 e. The van der Waals surface area contributed by atoms with Gasteiger partial charge in [0, 0.05) is 0 Å². The minimum atomic E-state index is -0.295. The highest BCUT2D eigenvalue weighted by atomic mass is 16.6. The monoisotopic (exact) mass is 556 g/mol. The van der Waals surface area contributed by atoms with E-state index in [-0.39, 0.29) is 30.1 Å². The number of benzene rings is 3. The summed E-state index contributed by atoms with van der Waals surface area (Å²) in [6.07, 6.45) is 1.33. The summed E-state index contributed by atoms with van der Waals surface area (Å²) in [4.78, 5) is 16.2. The first kappa shape index (κ1) is 26.2. The molecule has 214 valence electrons. The van der Waals surface area contributed by atoms with Crippen molar-refractivity contribution in [2.24, 2.45) is 0 Å². The van der Waals surface area contributed by atoms with Crippen molar-refractivity contribution in [1.29, 1.82) is 0 Å². The Morgan fingerprint density at radius 3 is 2.05 bits per heavy atom. The maximum absolute atomic E-state index is 14.1. The van der Waals surface area contributed by atoms with Crippen LogP contribution in [0.5, 0.6) is 23.0 Å². The van der Waals surface area contributed by atoms with E-state index in [0.717, 1.165) is 39.7 Å². The molecule has 8 heteroatoms. The molecular weight excluding hydrogens is 520 g/mol. The summed E-state index contributed by atoms with van der Waals surface area (Å²) in [6.45, 7) is 7.04. The van der Waals surface area contributed by atoms with Crippen molar-refractivity contribution in [3.63, 3.8) is 0 Å². The molecular formula is C33H36N2O6. The molecule has 5 aliphatic heterocycles. The van der Waals surface area contributed by atoms with Gasteiger partial charge in [-0.1, -0.05) is 44.2 Å². The zero-order chi connectivity index (χ0) is 27.9. The Labute approximate surface area is 240 Å². The first-order valence-electron chi connectivity index (χ1n) is 14.8. The topological polar surface area (TPSA) is 78.5 Å². The summed E-state index contributed by atoms with van der Waals surface area (Å²) in [5, 5.41) is 3.68. The molecule has 1 unspecified atom stereocenters. The molecule has 0 spiro atoms. The quantitative estimate of drug-likeness (QED) is 0.506. The van der Waals surface area contributed by atoms with Crippen molar-refractivity contribution >= 4 is 5.91 Å². The summed E-state index contributed by atoms with van der Waals surface area (Å²) in [6, 6.07) is 17.9. The largest absolute Gasteiger partial charge is 0.486 e. The molecule has 1 saturated heterocycles. The van der Waals surface area contributed by atoms with Gasteiger partial charge >= 0.3 is 0 Å². The molecule has 2 bridgehead atoms. The Bertz CT molecular complexity index is 1440. The van der Waals surface area contributed by atoms with Crippen LogP contribution in [-0.2, 0) is 29.0 Å². The molecule has 0 saturated carbocycles. The normalized spacial score (nSPS) is 24.7. The number of carbonyl (C=O) groups is 1. The van der Waals surface area contributed by atoms with Crippen LogP contribution in [0.15, 0.2) is 54.6 Å². The summed E-state index contributed by atoms with van der Waals surface area (Å²) in [5.74, 6) is 3.18. The van der Waals surface area contributed by atoms with Gasteiger partial charge in [0.25, 0.3) is 0 Å². The van der Waals surface area contributed by atoms with E-state index in [9.17, 15) is 4.79 Å². The van der Waals surface area contributed by atoms with E-state index in [1.165, 1.54) is 11.1 Å². The fourth-order valence-electron chi connectivity index (χ4n) is 6.82. The van der Waals surface area contributed by atoms with Crippen molar-refractivity contribution in [1.82, 2.24) is 10.2 Å². The average Bonchev–Trinajstić information content (AvgIpc) is 3.03. The van der Waals surface area contributed by atoms with Gasteiger partial charge in [0.1, 0.15) is 26.4 Å². The van der Waals surface area contributed by atoms with Crippen LogP contribution < -0.4 is 24.3 Å². The van der Waals surface area contributed by atoms with Crippen LogP contribution in [0.1, 0.15) is 53.7 Å². The molecule has 41 heavy (non-hydrogen) atoms. The van der Waals surface area contributed by atoms with E-state index in [1.807, 2.05) is 32.0 Å². The van der Waals surface area contributed by atoms with Gasteiger partial charge in [0.2, 0.25) is 5.91 Å². The molecule has 8 rings (SSSR count). The number of hydrogen-bond donors (Lipinski definition) is 1. The molecule has 0 aliphatic carbocycles. The smallest absolute Gasteiger partial charge is 0.240 e. The third-order valence-corrected chi connectivity index (χ3v) is 8.55. The Morgan fingerprint density at radius 1 is 0.805 bits per heavy atom. The molecule has 4 atom stereocenters. The molecule has 0 aromatic heterocycles. The van der Waals surface area contributed by atoms with E-state index < -0.39 is 0 Å². The average molecular weight is 557 g/mol. The van der Waals surface area contributed by atoms with E-state index in [1.54, 1.807) is 0 Å². The van der Waals surface area contributed by atoms with E-state index in [4.69, 9.17) is 23.7 Å². The van der Waals surface area contributed by atoms with Gasteiger partial charge in [0.05, 0.1) is 37.4 Å². The summed E-state index contributed by atoms with van der Waals surface area (Å²) < 4.78 is 30.0. The molecule has 1 fully saturated rings. The standard InChI is InChI=1S/C31H30N2O6.C2H6/c34-31-23-10-19-12-26-29(39-9-7-36-26)15-22(19)30(32-23)24-11-20-13-27-28(38-8-6-37-27)14-21(20)25(33(24)31)17-35-16-18-4-2-1-3-5-18;1-2/h1-5,12-15,23-25,30,32H,6-11,16-17H2;1-2H3/t23-,24?,25-,30+;/m0./s1. The van der Waals surface area contributed by atoms with Crippen LogP contribution >= 0.6 is 0 Å². The SMILES string of the molecule is CC.O=C1[C@@H]2Cc3cc4c(cc3[C@@H](N2)C2Cc3cc5c(cc3[C@H](COCc3ccccc3)N12)OCCO5)OCCO4. The minimum absolute atomic E-state index is 0.0229. The summed E-state index contributed by atoms with van der Waals surface area (Å²) in [5.41, 5.74) is 5.70. The molecule has 0 radical (unpaired) electrons. The van der Waals surface area contributed by atoms with E-state index in [0.29, 0.717) is 52.5 Å². The van der Waals surface area contributed by atoms with Crippen molar-refractivity contribution in [3.8, 4) is 23.0 Å². The fraction of sp³-hybridized carbons (Fsp3) is 0.424. The van der Waals surface area contributed by atoms with Gasteiger partial charge in [-0.05, 0) is 64.9 Å². The third kappa shape index (κ3) is 4.59. The highest BCUT2D eigenvalue weighted by Gasteiger charge is 2.51. The van der Waals surface area contributed by atoms with Gasteiger partial charge in [-0.2, -0.15) is 0 Å². The Kier molecular flexibility index (Phi) is 6.96. The van der Waals surface area contributed by atoms with Crippen LogP contribution in [0.4, 0.5) is 0 Å². The zero-order valence-electron chi connectivity index (χ0n) is 23.6. The van der Waals surface area contributed by atoms with E-state index >= 15 is 0 Å². The predicted molar refractivity (Wildman–Crippen MR) is 153 cm³/mol. The second-order valence-electron chi connectivity index (χ2n) is 10.8. The van der Waals surface area contributed by atoms with Crippen LogP contribution in [0, 0.1) is 0 Å².